The van der Waals surface area contributed by atoms with Gasteiger partial charge in [0.1, 0.15) is 11.2 Å². The maximum atomic E-state index is 6.48. The molecule has 2 aliphatic heterocycles. The molecule has 0 radical (unpaired) electrons. The third-order valence-electron chi connectivity index (χ3n) is 10.5. The number of furan rings is 1. The number of hydrogen-bond donors (Lipinski definition) is 0. The van der Waals surface area contributed by atoms with E-state index in [0.717, 1.165) is 17.6 Å². The summed E-state index contributed by atoms with van der Waals surface area (Å²) < 4.78 is 6.48. The molecule has 2 aliphatic carbocycles. The lowest BCUT2D eigenvalue weighted by molar-refractivity contribution is 0.662. The molecular weight excluding hydrogens is 565 g/mol. The van der Waals surface area contributed by atoms with Gasteiger partial charge >= 0.3 is 0 Å². The Bertz CT molecular complexity index is 2320. The van der Waals surface area contributed by atoms with E-state index >= 15 is 0 Å². The normalized spacial score (nSPS) is 19.2. The summed E-state index contributed by atoms with van der Waals surface area (Å²) >= 11 is 1.97. The molecule has 0 saturated heterocycles. The molecular formula is C41H30BNOS. The molecule has 0 N–H and O–H groups in total. The lowest BCUT2D eigenvalue weighted by Crippen LogP contribution is -2.51. The zero-order valence-corrected chi connectivity index (χ0v) is 26.1. The van der Waals surface area contributed by atoms with Crippen LogP contribution in [0.3, 0.4) is 0 Å². The molecule has 6 aromatic rings. The van der Waals surface area contributed by atoms with Gasteiger partial charge in [-0.05, 0) is 70.2 Å². The van der Waals surface area contributed by atoms with E-state index in [1.54, 1.807) is 5.47 Å². The number of hydrogen-bond acceptors (Lipinski definition) is 3. The van der Waals surface area contributed by atoms with Crippen LogP contribution in [0.25, 0.3) is 33.2 Å². The van der Waals surface area contributed by atoms with E-state index in [0.29, 0.717) is 12.5 Å². The number of anilines is 2. The van der Waals surface area contributed by atoms with Crippen molar-refractivity contribution < 1.29 is 4.42 Å². The van der Waals surface area contributed by atoms with Crippen molar-refractivity contribution >= 4 is 68.5 Å². The lowest BCUT2D eigenvalue weighted by Gasteiger charge is -2.46. The predicted octanol–water partition coefficient (Wildman–Crippen LogP) is 10.5. The molecule has 10 rings (SSSR count). The highest BCUT2D eigenvalue weighted by Gasteiger charge is 2.54. The van der Waals surface area contributed by atoms with E-state index in [1.807, 2.05) is 11.8 Å². The van der Waals surface area contributed by atoms with Gasteiger partial charge in [0.2, 0.25) is 6.71 Å². The molecule has 1 unspecified atom stereocenters. The van der Waals surface area contributed by atoms with Gasteiger partial charge in [0.05, 0.1) is 0 Å². The number of fused-ring (bicyclic) bond motifs is 8. The minimum Gasteiger partial charge on any atom is -0.455 e. The third-order valence-corrected chi connectivity index (χ3v) is 11.8. The molecule has 1 atom stereocenters. The van der Waals surface area contributed by atoms with Crippen molar-refractivity contribution in [1.29, 1.82) is 0 Å². The Morgan fingerprint density at radius 2 is 1.53 bits per heavy atom. The van der Waals surface area contributed by atoms with E-state index in [9.17, 15) is 0 Å². The third kappa shape index (κ3) is 3.44. The van der Waals surface area contributed by atoms with Crippen LogP contribution in [0.15, 0.2) is 147 Å². The summed E-state index contributed by atoms with van der Waals surface area (Å²) in [7, 11) is 0. The summed E-state index contributed by atoms with van der Waals surface area (Å²) in [6, 6.07) is 42.0. The van der Waals surface area contributed by atoms with Crippen LogP contribution >= 0.6 is 11.8 Å². The molecule has 214 valence electrons. The Morgan fingerprint density at radius 3 is 2.44 bits per heavy atom. The predicted molar refractivity (Wildman–Crippen MR) is 191 cm³/mol. The van der Waals surface area contributed by atoms with Crippen LogP contribution in [0.4, 0.5) is 11.4 Å². The lowest BCUT2D eigenvalue weighted by atomic mass is 9.28. The first-order valence-corrected chi connectivity index (χ1v) is 16.7. The Labute approximate surface area is 267 Å². The summed E-state index contributed by atoms with van der Waals surface area (Å²) in [4.78, 5) is 5.39. The van der Waals surface area contributed by atoms with Crippen molar-refractivity contribution in [1.82, 2.24) is 0 Å². The summed E-state index contributed by atoms with van der Waals surface area (Å²) in [6.07, 6.45) is 5.94. The van der Waals surface area contributed by atoms with Gasteiger partial charge in [0.25, 0.3) is 0 Å². The monoisotopic (exact) mass is 595 g/mol. The number of benzene rings is 5. The van der Waals surface area contributed by atoms with Crippen LogP contribution in [0.1, 0.15) is 37.0 Å². The Balaban J connectivity index is 1.18. The van der Waals surface area contributed by atoms with Gasteiger partial charge in [-0.15, -0.1) is 0 Å². The van der Waals surface area contributed by atoms with Gasteiger partial charge in [-0.2, -0.15) is 0 Å². The van der Waals surface area contributed by atoms with Gasteiger partial charge in [0.15, 0.2) is 0 Å². The fourth-order valence-corrected chi connectivity index (χ4v) is 9.93. The number of rotatable bonds is 2. The second-order valence-electron chi connectivity index (χ2n) is 13.2. The Hall–Kier alpha value is -4.67. The second-order valence-corrected chi connectivity index (χ2v) is 14.3. The first-order valence-electron chi connectivity index (χ1n) is 15.9. The van der Waals surface area contributed by atoms with Crippen molar-refractivity contribution in [2.24, 2.45) is 0 Å². The van der Waals surface area contributed by atoms with E-state index < -0.39 is 0 Å². The van der Waals surface area contributed by atoms with E-state index in [4.69, 9.17) is 4.42 Å². The van der Waals surface area contributed by atoms with Gasteiger partial charge in [-0.1, -0.05) is 122 Å². The highest BCUT2D eigenvalue weighted by Crippen LogP contribution is 2.60. The standard InChI is InChI=1S/C41H30BNOS/c1-41(2)31-18-8-6-15-30(31)38-40(41)42-32-23-22-25(27-16-10-17-29-28-14-7-9-20-34(28)44-39(27)29)24-36(32)45-35-21-11-19-33(37(35)42)43(38)26-12-4-3-5-13-26/h3-22,24,32H,23H2,1-2H3. The topological polar surface area (TPSA) is 16.4 Å². The highest BCUT2D eigenvalue weighted by molar-refractivity contribution is 8.03. The average molecular weight is 596 g/mol. The number of para-hydroxylation sites is 3. The largest absolute Gasteiger partial charge is 0.455 e. The minimum atomic E-state index is -0.0919. The van der Waals surface area contributed by atoms with Crippen LogP contribution in [0, 0.1) is 0 Å². The Kier molecular flexibility index (Phi) is 5.23. The van der Waals surface area contributed by atoms with Gasteiger partial charge < -0.3 is 9.32 Å². The average Bonchev–Trinajstić information content (AvgIpc) is 3.57. The van der Waals surface area contributed by atoms with Crippen molar-refractivity contribution in [3.63, 3.8) is 0 Å². The minimum absolute atomic E-state index is 0.0919. The fraction of sp³-hybridized carbons (Fsp3) is 0.122. The molecule has 1 aromatic heterocycles. The first-order chi connectivity index (χ1) is 22.1. The van der Waals surface area contributed by atoms with Crippen molar-refractivity contribution in [2.45, 2.75) is 36.4 Å². The molecule has 0 spiro atoms. The van der Waals surface area contributed by atoms with Crippen LogP contribution < -0.4 is 10.4 Å². The molecule has 0 amide bonds. The van der Waals surface area contributed by atoms with Crippen LogP contribution in [-0.4, -0.2) is 6.71 Å². The second kappa shape index (κ2) is 9.18. The van der Waals surface area contributed by atoms with E-state index in [-0.39, 0.29) is 5.41 Å². The number of thioether (sulfide) groups is 1. The number of nitrogens with zero attached hydrogens (tertiary/aromatic N) is 1. The van der Waals surface area contributed by atoms with Crippen LogP contribution in [-0.2, 0) is 5.41 Å². The SMILES string of the molecule is CC1(C)C2=C(c3ccccc31)N(c1ccccc1)c1cccc3c1B2C1CC=C(c2cccc4c2oc2ccccc24)C=C1S3. The molecule has 3 heterocycles. The van der Waals surface area contributed by atoms with Gasteiger partial charge in [-0.25, -0.2) is 0 Å². The van der Waals surface area contributed by atoms with E-state index in [1.165, 1.54) is 65.4 Å². The summed E-state index contributed by atoms with van der Waals surface area (Å²) in [5, 5.41) is 2.36. The van der Waals surface area contributed by atoms with Crippen molar-refractivity contribution in [3.8, 4) is 0 Å². The molecule has 2 nitrogen and oxygen atoms in total. The maximum absolute atomic E-state index is 6.48. The maximum Gasteiger partial charge on any atom is 0.220 e. The quantitative estimate of drug-likeness (QED) is 0.185. The zero-order valence-electron chi connectivity index (χ0n) is 25.2. The molecule has 45 heavy (non-hydrogen) atoms. The van der Waals surface area contributed by atoms with Crippen LogP contribution in [0.2, 0.25) is 5.82 Å². The number of allylic oxidation sites excluding steroid dienone is 5. The zero-order chi connectivity index (χ0) is 29.9. The van der Waals surface area contributed by atoms with Gasteiger partial charge in [0, 0.05) is 49.3 Å². The molecule has 4 aliphatic rings. The van der Waals surface area contributed by atoms with Crippen molar-refractivity contribution in [2.75, 3.05) is 4.90 Å². The van der Waals surface area contributed by atoms with Gasteiger partial charge in [-0.3, -0.25) is 0 Å². The Morgan fingerprint density at radius 1 is 0.778 bits per heavy atom. The smallest absolute Gasteiger partial charge is 0.220 e. The molecule has 0 fully saturated rings. The molecule has 5 aromatic carbocycles. The fourth-order valence-electron chi connectivity index (χ4n) is 8.62. The summed E-state index contributed by atoms with van der Waals surface area (Å²) in [6.45, 7) is 5.20. The molecule has 0 saturated carbocycles. The van der Waals surface area contributed by atoms with Crippen molar-refractivity contribution in [3.05, 3.63) is 154 Å². The van der Waals surface area contributed by atoms with E-state index in [2.05, 4.69) is 146 Å². The highest BCUT2D eigenvalue weighted by atomic mass is 32.2. The molecule has 4 heteroatoms. The summed E-state index contributed by atoms with van der Waals surface area (Å²) in [5.41, 5.74) is 14.1. The first kappa shape index (κ1) is 25.6. The van der Waals surface area contributed by atoms with Crippen LogP contribution in [0.5, 0.6) is 0 Å². The molecule has 0 bridgehead atoms. The summed E-state index contributed by atoms with van der Waals surface area (Å²) in [5.74, 6) is 0.388.